The van der Waals surface area contributed by atoms with Crippen LogP contribution in [0.5, 0.6) is 0 Å². The zero-order valence-corrected chi connectivity index (χ0v) is 35.6. The molecule has 0 saturated carbocycles. The van der Waals surface area contributed by atoms with Gasteiger partial charge in [0.05, 0.1) is 30.6 Å². The molecule has 0 saturated heterocycles. The van der Waals surface area contributed by atoms with Gasteiger partial charge in [-0.05, 0) is 100 Å². The number of hydrogen-bond donors (Lipinski definition) is 3. The maximum absolute atomic E-state index is 12.7. The summed E-state index contributed by atoms with van der Waals surface area (Å²) >= 11 is 17.9. The number of nitrogens with zero attached hydrogens (tertiary/aromatic N) is 2. The number of para-hydroxylation sites is 1. The maximum atomic E-state index is 12.7. The van der Waals surface area contributed by atoms with E-state index < -0.39 is 25.3 Å². The van der Waals surface area contributed by atoms with Crippen LogP contribution < -0.4 is 15.5 Å². The molecule has 0 spiro atoms. The fourth-order valence-electron chi connectivity index (χ4n) is 5.97. The number of hydrogen-bond acceptors (Lipinski definition) is 9. The third-order valence-corrected chi connectivity index (χ3v) is 10.7. The number of rotatable bonds is 14. The van der Waals surface area contributed by atoms with E-state index in [0.717, 1.165) is 36.1 Å². The number of ether oxygens (including phenoxy) is 2. The topological polar surface area (TPSA) is 194 Å². The number of benzene rings is 2. The minimum absolute atomic E-state index is 0.0223. The molecule has 13 nitrogen and oxygen atoms in total. The van der Waals surface area contributed by atoms with E-state index in [1.54, 1.807) is 37.1 Å². The number of carbonyl (C=O) groups is 5. The fourth-order valence-corrected chi connectivity index (χ4v) is 7.20. The van der Waals surface area contributed by atoms with Crippen LogP contribution in [-0.4, -0.2) is 90.8 Å². The number of carboxylic acid groups (broad SMARTS) is 1. The SMILES string of the molecule is CCOC(=O)/C(Cl)=C/c1cc(N2C(=O)C3=C(CCCC3)C2=O)ccc1Cl.CCc1cccc(C)c1N(C(=O)CCl)C(C)COC.CP(=O)(O)CCC(N)C(=O)O. The van der Waals surface area contributed by atoms with E-state index in [-0.39, 0.29) is 53.9 Å². The number of aryl methyl sites for hydroxylation is 2. The van der Waals surface area contributed by atoms with Gasteiger partial charge in [0, 0.05) is 36.1 Å². The van der Waals surface area contributed by atoms with Gasteiger partial charge in [-0.2, -0.15) is 0 Å². The van der Waals surface area contributed by atoms with E-state index >= 15 is 0 Å². The Morgan fingerprint density at radius 3 is 2.20 bits per heavy atom. The van der Waals surface area contributed by atoms with Gasteiger partial charge >= 0.3 is 11.9 Å². The molecule has 56 heavy (non-hydrogen) atoms. The molecule has 0 aromatic heterocycles. The van der Waals surface area contributed by atoms with Gasteiger partial charge in [-0.15, -0.1) is 11.6 Å². The summed E-state index contributed by atoms with van der Waals surface area (Å²) in [6.45, 7) is 9.62. The van der Waals surface area contributed by atoms with E-state index in [1.807, 2.05) is 26.0 Å². The number of imide groups is 1. The highest BCUT2D eigenvalue weighted by atomic mass is 35.5. The molecular formula is C39H51Cl3N3O10P. The largest absolute Gasteiger partial charge is 0.480 e. The predicted octanol–water partition coefficient (Wildman–Crippen LogP) is 7.08. The van der Waals surface area contributed by atoms with Crippen molar-refractivity contribution in [1.82, 2.24) is 0 Å². The van der Waals surface area contributed by atoms with Crippen LogP contribution in [0.4, 0.5) is 11.4 Å². The summed E-state index contributed by atoms with van der Waals surface area (Å²) in [5.74, 6) is -2.47. The second-order valence-electron chi connectivity index (χ2n) is 13.2. The molecule has 4 N–H and O–H groups in total. The van der Waals surface area contributed by atoms with Gasteiger partial charge in [0.25, 0.3) is 11.8 Å². The number of methoxy groups -OCH3 is 1. The molecule has 0 bridgehead atoms. The third kappa shape index (κ3) is 13.8. The molecule has 4 rings (SSSR count). The monoisotopic (exact) mass is 857 g/mol. The molecule has 17 heteroatoms. The van der Waals surface area contributed by atoms with Crippen LogP contribution in [0.25, 0.3) is 6.08 Å². The zero-order valence-electron chi connectivity index (χ0n) is 32.5. The lowest BCUT2D eigenvalue weighted by atomic mass is 9.93. The summed E-state index contributed by atoms with van der Waals surface area (Å²) in [6.07, 6.45) is 5.33. The average Bonchev–Trinajstić information content (AvgIpc) is 3.41. The highest BCUT2D eigenvalue weighted by Gasteiger charge is 2.39. The Morgan fingerprint density at radius 1 is 1.09 bits per heavy atom. The van der Waals surface area contributed by atoms with Crippen LogP contribution in [0.15, 0.2) is 52.6 Å². The Hall–Kier alpha value is -3.55. The summed E-state index contributed by atoms with van der Waals surface area (Å²) in [4.78, 5) is 71.0. The summed E-state index contributed by atoms with van der Waals surface area (Å²) in [7, 11) is -1.47. The highest BCUT2D eigenvalue weighted by molar-refractivity contribution is 7.57. The van der Waals surface area contributed by atoms with E-state index in [4.69, 9.17) is 60.0 Å². The molecule has 3 amide bonds. The first-order valence-electron chi connectivity index (χ1n) is 18.0. The van der Waals surface area contributed by atoms with Gasteiger partial charge in [-0.1, -0.05) is 48.3 Å². The number of carboxylic acids is 1. The van der Waals surface area contributed by atoms with Crippen molar-refractivity contribution in [2.75, 3.05) is 48.8 Å². The number of nitrogens with two attached hydrogens (primary N) is 1. The van der Waals surface area contributed by atoms with Crippen molar-refractivity contribution in [2.45, 2.75) is 78.3 Å². The molecule has 2 aliphatic rings. The lowest BCUT2D eigenvalue weighted by Gasteiger charge is -2.31. The van der Waals surface area contributed by atoms with Crippen molar-refractivity contribution in [1.29, 1.82) is 0 Å². The van der Waals surface area contributed by atoms with Crippen LogP contribution in [-0.2, 0) is 44.4 Å². The predicted molar refractivity (Wildman–Crippen MR) is 221 cm³/mol. The van der Waals surface area contributed by atoms with Crippen LogP contribution in [0.2, 0.25) is 5.02 Å². The maximum Gasteiger partial charge on any atom is 0.349 e. The van der Waals surface area contributed by atoms with Crippen molar-refractivity contribution in [3.8, 4) is 0 Å². The van der Waals surface area contributed by atoms with Crippen LogP contribution >= 0.6 is 42.2 Å². The molecule has 2 aromatic carbocycles. The van der Waals surface area contributed by atoms with E-state index in [0.29, 0.717) is 46.9 Å². The Bertz CT molecular complexity index is 1830. The fraction of sp³-hybridized carbons (Fsp3) is 0.462. The van der Waals surface area contributed by atoms with Crippen molar-refractivity contribution >= 4 is 89.3 Å². The molecule has 2 aromatic rings. The summed E-state index contributed by atoms with van der Waals surface area (Å²) in [6, 6.07) is 9.75. The molecule has 1 aliphatic heterocycles. The number of aliphatic carboxylic acids is 1. The van der Waals surface area contributed by atoms with Crippen molar-refractivity contribution in [3.05, 3.63) is 74.3 Å². The van der Waals surface area contributed by atoms with Crippen molar-refractivity contribution < 1.29 is 48.0 Å². The van der Waals surface area contributed by atoms with E-state index in [9.17, 15) is 28.5 Å². The van der Waals surface area contributed by atoms with Gasteiger partial charge in [-0.25, -0.2) is 9.69 Å². The van der Waals surface area contributed by atoms with E-state index in [1.165, 1.54) is 17.6 Å². The average molecular weight is 859 g/mol. The molecule has 1 aliphatic carbocycles. The number of amides is 3. The van der Waals surface area contributed by atoms with Gasteiger partial charge < -0.3 is 30.1 Å². The Balaban J connectivity index is 0.000000317. The number of carbonyl (C=O) groups excluding carboxylic acids is 4. The first-order valence-corrected chi connectivity index (χ1v) is 21.6. The quantitative estimate of drug-likeness (QED) is 0.0578. The second-order valence-corrected chi connectivity index (χ2v) is 16.8. The smallest absolute Gasteiger partial charge is 0.349 e. The number of anilines is 2. The van der Waals surface area contributed by atoms with Crippen LogP contribution in [0.1, 0.15) is 69.6 Å². The summed E-state index contributed by atoms with van der Waals surface area (Å²) in [5.41, 5.74) is 10.3. The minimum Gasteiger partial charge on any atom is -0.480 e. The van der Waals surface area contributed by atoms with Gasteiger partial charge in [0.15, 0.2) is 7.37 Å². The molecule has 3 atom stereocenters. The molecule has 1 heterocycles. The number of esters is 1. The Morgan fingerprint density at radius 2 is 1.70 bits per heavy atom. The number of halogens is 3. The van der Waals surface area contributed by atoms with Gasteiger partial charge in [0.1, 0.15) is 17.0 Å². The van der Waals surface area contributed by atoms with Crippen LogP contribution in [0.3, 0.4) is 0 Å². The van der Waals surface area contributed by atoms with Crippen molar-refractivity contribution in [3.63, 3.8) is 0 Å². The normalized spacial score (nSPS) is 16.1. The number of alkyl halides is 1. The van der Waals surface area contributed by atoms with Crippen molar-refractivity contribution in [2.24, 2.45) is 5.73 Å². The summed E-state index contributed by atoms with van der Waals surface area (Å²) in [5, 5.41) is 8.49. The van der Waals surface area contributed by atoms with Gasteiger partial charge in [-0.3, -0.25) is 23.7 Å². The Kier molecular flexibility index (Phi) is 20.0. The first kappa shape index (κ1) is 48.6. The van der Waals surface area contributed by atoms with Crippen LogP contribution in [0, 0.1) is 6.92 Å². The molecule has 0 radical (unpaired) electrons. The standard InChI is InChI=1S/C19H17Cl2NO4.C15H22ClNO2.C5H12NO4P/c1-2-26-19(25)16(21)10-11-9-12(7-8-15(11)20)22-17(23)13-5-3-4-6-14(13)18(22)24;1-5-13-8-6-7-11(2)15(13)17(14(18)9-16)12(3)10-19-4;1-11(9,10)3-2-4(6)5(7)8/h7-10H,2-6H2,1H3;6-8,12H,5,9-10H2,1-4H3;4H,2-3,6H2,1H3,(H,7,8)(H,9,10)/b16-10-;;. The Labute approximate surface area is 343 Å². The minimum atomic E-state index is -3.10. The molecule has 0 fully saturated rings. The third-order valence-electron chi connectivity index (χ3n) is 8.73. The molecular weight excluding hydrogens is 808 g/mol. The highest BCUT2D eigenvalue weighted by Crippen LogP contribution is 2.37. The van der Waals surface area contributed by atoms with Gasteiger partial charge in [0.2, 0.25) is 5.91 Å². The van der Waals surface area contributed by atoms with E-state index in [2.05, 4.69) is 13.0 Å². The molecule has 308 valence electrons. The zero-order chi connectivity index (χ0) is 42.3. The summed E-state index contributed by atoms with van der Waals surface area (Å²) < 4.78 is 20.7. The lowest BCUT2D eigenvalue weighted by Crippen LogP contribution is -2.43. The lowest BCUT2D eigenvalue weighted by molar-refractivity contribution is -0.139. The molecule has 3 unspecified atom stereocenters. The second kappa shape index (κ2) is 23.0. The first-order chi connectivity index (χ1) is 26.3.